The van der Waals surface area contributed by atoms with Gasteiger partial charge in [0.15, 0.2) is 5.97 Å². The molecule has 0 unspecified atom stereocenters. The molecule has 0 spiro atoms. The van der Waals surface area contributed by atoms with Crippen LogP contribution in [0.5, 0.6) is 0 Å². The molecule has 0 aromatic heterocycles. The number of thiocarbonyl (C=S) groups is 1. The maximum Gasteiger partial charge on any atom is 1.00 e. The van der Waals surface area contributed by atoms with Gasteiger partial charge in [0.2, 0.25) is 0 Å². The van der Waals surface area contributed by atoms with Crippen LogP contribution in [0.4, 0.5) is 0 Å². The Kier molecular flexibility index (Phi) is 9.31. The minimum atomic E-state index is -1.08. The predicted molar refractivity (Wildman–Crippen MR) is 35.3 cm³/mol. The molecule has 0 saturated carbocycles. The molecule has 0 aliphatic carbocycles. The van der Waals surface area contributed by atoms with E-state index in [1.807, 2.05) is 0 Å². The van der Waals surface area contributed by atoms with Crippen molar-refractivity contribution in [2.75, 3.05) is 0 Å². The second-order valence-electron chi connectivity index (χ2n) is 1.06. The minimum Gasteiger partial charge on any atom is -0.503 e. The van der Waals surface area contributed by atoms with E-state index in [0.717, 1.165) is 0 Å². The summed E-state index contributed by atoms with van der Waals surface area (Å²) in [5.41, 5.74) is 0. The molecule has 0 radical (unpaired) electrons. The molecule has 0 amide bonds. The van der Waals surface area contributed by atoms with Crippen LogP contribution in [-0.2, 0) is 4.79 Å². The third-order valence-electron chi connectivity index (χ3n) is 0.301. The topological polar surface area (TPSA) is 86.7 Å². The molecule has 1 heterocycles. The van der Waals surface area contributed by atoms with Crippen molar-refractivity contribution in [3.05, 3.63) is 6.92 Å². The average Bonchev–Trinajstić information content (AvgIpc) is 2.15. The van der Waals surface area contributed by atoms with E-state index in [4.69, 9.17) is 9.90 Å². The van der Waals surface area contributed by atoms with Crippen LogP contribution >= 0.6 is 12.2 Å². The molecule has 0 aromatic carbocycles. The number of carboxylic acids is 1. The van der Waals surface area contributed by atoms with E-state index in [-0.39, 0.29) is 34.7 Å². The van der Waals surface area contributed by atoms with Gasteiger partial charge in [-0.1, -0.05) is 10.2 Å². The summed E-state index contributed by atoms with van der Waals surface area (Å²) < 4.78 is 0. The Hall–Kier alpha value is -0.370. The summed E-state index contributed by atoms with van der Waals surface area (Å²) in [6.45, 7) is 2.56. The molecular weight excluding hydrogens is 179 g/mol. The van der Waals surface area contributed by atoms with Crippen LogP contribution in [0.3, 0.4) is 0 Å². The van der Waals surface area contributed by atoms with Crippen molar-refractivity contribution in [1.29, 1.82) is 0 Å². The zero-order chi connectivity index (χ0) is 7.98. The van der Waals surface area contributed by atoms with E-state index in [0.29, 0.717) is 0 Å². The maximum atomic E-state index is 8.89. The fourth-order valence-corrected chi connectivity index (χ4v) is 0.210. The van der Waals surface area contributed by atoms with E-state index < -0.39 is 5.97 Å². The molecule has 0 aromatic rings. The van der Waals surface area contributed by atoms with Crippen LogP contribution in [0.25, 0.3) is 0 Å². The first kappa shape index (κ1) is 13.2. The van der Waals surface area contributed by atoms with Crippen molar-refractivity contribution in [1.82, 2.24) is 0 Å². The Morgan fingerprint density at radius 1 is 1.45 bits per heavy atom. The zero-order valence-corrected chi connectivity index (χ0v) is 8.58. The maximum absolute atomic E-state index is 8.89. The molecule has 0 atom stereocenters. The summed E-state index contributed by atoms with van der Waals surface area (Å²) in [4.78, 5) is 8.89. The summed E-state index contributed by atoms with van der Waals surface area (Å²) in [5, 5.41) is 20.2. The van der Waals surface area contributed by atoms with Crippen LogP contribution in [0.1, 0.15) is 0 Å². The number of aliphatic carboxylic acids is 1. The summed E-state index contributed by atoms with van der Waals surface area (Å²) in [6, 6.07) is 0. The van der Waals surface area contributed by atoms with Crippen molar-refractivity contribution in [3.8, 4) is 0 Å². The van der Waals surface area contributed by atoms with Crippen LogP contribution in [-0.4, -0.2) is 16.2 Å². The van der Waals surface area contributed by atoms with Crippen LogP contribution < -0.4 is 29.6 Å². The monoisotopic (exact) mass is 182 g/mol. The van der Waals surface area contributed by atoms with Crippen molar-refractivity contribution in [2.24, 2.45) is 20.7 Å². The van der Waals surface area contributed by atoms with Crippen molar-refractivity contribution in [2.45, 2.75) is 0 Å². The van der Waals surface area contributed by atoms with Crippen molar-refractivity contribution >= 4 is 23.3 Å². The van der Waals surface area contributed by atoms with Gasteiger partial charge in [-0.3, -0.25) is 11.7 Å². The van der Waals surface area contributed by atoms with Gasteiger partial charge >= 0.3 is 29.6 Å². The summed E-state index contributed by atoms with van der Waals surface area (Å²) in [6.07, 6.45) is 0. The molecule has 0 saturated heterocycles. The minimum absolute atomic E-state index is 0. The van der Waals surface area contributed by atoms with E-state index in [1.54, 1.807) is 0 Å². The average molecular weight is 182 g/mol. The molecule has 6 nitrogen and oxygen atoms in total. The van der Waals surface area contributed by atoms with Gasteiger partial charge in [0.25, 0.3) is 5.11 Å². The fraction of sp³-hybridized carbons (Fsp3) is 0. The van der Waals surface area contributed by atoms with Gasteiger partial charge in [0, 0.05) is 0 Å². The molecule has 1 rings (SSSR count). The van der Waals surface area contributed by atoms with Gasteiger partial charge < -0.3 is 5.11 Å². The number of hydrogen-bond acceptors (Lipinski definition) is 4. The van der Waals surface area contributed by atoms with Crippen molar-refractivity contribution < 1.29 is 39.5 Å². The fourth-order valence-electron chi connectivity index (χ4n) is 0.137. The third kappa shape index (κ3) is 12.8. The molecule has 0 bridgehead atoms. The Labute approximate surface area is 90.1 Å². The number of hydrogen-bond donors (Lipinski definition) is 1. The van der Waals surface area contributed by atoms with E-state index in [1.165, 1.54) is 0 Å². The van der Waals surface area contributed by atoms with Gasteiger partial charge in [-0.05, 0) is 22.7 Å². The summed E-state index contributed by atoms with van der Waals surface area (Å²) in [7, 11) is 0. The second-order valence-corrected chi connectivity index (χ2v) is 1.42. The summed E-state index contributed by atoms with van der Waals surface area (Å²) in [5.74, 6) is -1.08. The second kappa shape index (κ2) is 7.73. The third-order valence-corrected chi connectivity index (χ3v) is 0.464. The first-order valence-corrected chi connectivity index (χ1v) is 2.44. The molecule has 0 fully saturated rings. The van der Waals surface area contributed by atoms with Crippen LogP contribution in [0, 0.1) is 6.92 Å². The van der Waals surface area contributed by atoms with Gasteiger partial charge in [0.05, 0.1) is 0 Å². The summed E-state index contributed by atoms with van der Waals surface area (Å²) >= 11 is 4.40. The number of carbonyl (C=O) groups is 1. The Morgan fingerprint density at radius 3 is 1.82 bits per heavy atom. The zero-order valence-electron chi connectivity index (χ0n) is 5.76. The van der Waals surface area contributed by atoms with Gasteiger partial charge in [-0.2, -0.15) is 0 Å². The predicted octanol–water partition coefficient (Wildman–Crippen LogP) is -1.99. The Morgan fingerprint density at radius 2 is 1.73 bits per heavy atom. The Bertz CT molecular complexity index is 186. The SMILES string of the molecule is S=C1N=NN=N1.[CH2-]C(=O)O.[Na+]. The smallest absolute Gasteiger partial charge is 0.503 e. The number of rotatable bonds is 0. The largest absolute Gasteiger partial charge is 1.00 e. The van der Waals surface area contributed by atoms with E-state index in [2.05, 4.69) is 39.8 Å². The molecule has 54 valence electrons. The van der Waals surface area contributed by atoms with Gasteiger partial charge in [-0.15, -0.1) is 0 Å². The molecular formula is C3H3N4NaO2S. The first-order valence-electron chi connectivity index (χ1n) is 2.03. The normalized spacial score (nSPS) is 11.5. The molecule has 1 aliphatic heterocycles. The quantitative estimate of drug-likeness (QED) is 0.267. The van der Waals surface area contributed by atoms with Gasteiger partial charge in [0.1, 0.15) is 0 Å². The molecule has 1 aliphatic rings. The van der Waals surface area contributed by atoms with Crippen LogP contribution in [0.15, 0.2) is 20.7 Å². The molecule has 11 heavy (non-hydrogen) atoms. The number of carboxylic acid groups (broad SMARTS) is 1. The number of nitrogens with zero attached hydrogens (tertiary/aromatic N) is 4. The van der Waals surface area contributed by atoms with Crippen LogP contribution in [0.2, 0.25) is 0 Å². The Balaban J connectivity index is 0. The first-order chi connectivity index (χ1) is 4.63. The van der Waals surface area contributed by atoms with Crippen molar-refractivity contribution in [3.63, 3.8) is 0 Å². The van der Waals surface area contributed by atoms with E-state index in [9.17, 15) is 0 Å². The molecule has 1 N–H and O–H groups in total. The standard InChI is InChI=1S/C2H3O2.CN4S.Na/c1-2(3)4;6-1-2-4-5-3-1;/h1H2,(H,3,4);;/q-1;;+1. The van der Waals surface area contributed by atoms with E-state index >= 15 is 0 Å². The van der Waals surface area contributed by atoms with Gasteiger partial charge in [-0.25, -0.2) is 0 Å². The molecule has 8 heteroatoms.